The minimum absolute atomic E-state index is 0.891. The molecule has 0 radical (unpaired) electrons. The lowest BCUT2D eigenvalue weighted by atomic mass is 10.00. The molecule has 46 heavy (non-hydrogen) atoms. The number of rotatable bonds is 3. The highest BCUT2D eigenvalue weighted by Crippen LogP contribution is 2.42. The average Bonchev–Trinajstić information content (AvgIpc) is 3.69. The van der Waals surface area contributed by atoms with E-state index in [1.54, 1.807) is 0 Å². The fourth-order valence-corrected chi connectivity index (χ4v) is 7.29. The molecule has 10 rings (SSSR count). The second-order valence-corrected chi connectivity index (χ2v) is 11.8. The lowest BCUT2D eigenvalue weighted by Crippen LogP contribution is -2.00. The number of nitrogens with zero attached hydrogens (tertiary/aromatic N) is 4. The quantitative estimate of drug-likeness (QED) is 0.193. The van der Waals surface area contributed by atoms with E-state index in [0.717, 1.165) is 66.8 Å². The van der Waals surface area contributed by atoms with Gasteiger partial charge < -0.3 is 0 Å². The number of benzene rings is 6. The number of aromatic nitrogens is 4. The Kier molecular flexibility index (Phi) is 5.25. The second-order valence-electron chi connectivity index (χ2n) is 11.8. The monoisotopic (exact) mass is 586 g/mol. The number of hydrogen-bond acceptors (Lipinski definition) is 2. The van der Waals surface area contributed by atoms with Crippen molar-refractivity contribution in [3.8, 4) is 28.2 Å². The van der Waals surface area contributed by atoms with Crippen molar-refractivity contribution in [1.82, 2.24) is 18.9 Å². The summed E-state index contributed by atoms with van der Waals surface area (Å²) in [7, 11) is 0. The van der Waals surface area contributed by atoms with Crippen molar-refractivity contribution in [1.29, 1.82) is 0 Å². The first-order valence-electron chi connectivity index (χ1n) is 15.6. The first-order valence-corrected chi connectivity index (χ1v) is 15.6. The molecule has 10 aromatic rings. The summed E-state index contributed by atoms with van der Waals surface area (Å²) in [6.07, 6.45) is 0. The third-order valence-corrected chi connectivity index (χ3v) is 9.27. The summed E-state index contributed by atoms with van der Waals surface area (Å²) in [6, 6.07) is 55.8. The van der Waals surface area contributed by atoms with Crippen LogP contribution in [-0.2, 0) is 0 Å². The Balaban J connectivity index is 1.37. The van der Waals surface area contributed by atoms with Gasteiger partial charge >= 0.3 is 0 Å². The molecule has 0 bridgehead atoms. The van der Waals surface area contributed by atoms with Crippen LogP contribution in [0, 0.1) is 0 Å². The van der Waals surface area contributed by atoms with Gasteiger partial charge in [0.15, 0.2) is 0 Å². The summed E-state index contributed by atoms with van der Waals surface area (Å²) in [5.74, 6) is 0.891. The highest BCUT2D eigenvalue weighted by molar-refractivity contribution is 6.30. The first-order chi connectivity index (χ1) is 22.8. The summed E-state index contributed by atoms with van der Waals surface area (Å²) >= 11 is 0. The van der Waals surface area contributed by atoms with Crippen LogP contribution < -0.4 is 0 Å². The molecule has 6 aromatic carbocycles. The SMILES string of the molecule is c1ccc(-c2cc(-c3ccccc3)nc(-n3c4ccccc4c4c5c6ccccc6n6c7ccccc7nc6c5ccc43)c2)cc1. The van der Waals surface area contributed by atoms with Crippen molar-refractivity contribution in [3.05, 3.63) is 158 Å². The van der Waals surface area contributed by atoms with Gasteiger partial charge in [-0.25, -0.2) is 9.97 Å². The Morgan fingerprint density at radius 2 is 1.02 bits per heavy atom. The molecule has 4 nitrogen and oxygen atoms in total. The van der Waals surface area contributed by atoms with Crippen molar-refractivity contribution >= 4 is 60.2 Å². The highest BCUT2D eigenvalue weighted by atomic mass is 15.1. The maximum Gasteiger partial charge on any atom is 0.146 e. The predicted molar refractivity (Wildman–Crippen MR) is 191 cm³/mol. The summed E-state index contributed by atoms with van der Waals surface area (Å²) in [4.78, 5) is 10.5. The van der Waals surface area contributed by atoms with Gasteiger partial charge in [-0.15, -0.1) is 0 Å². The molecule has 4 heteroatoms. The molecule has 0 fully saturated rings. The maximum atomic E-state index is 5.34. The van der Waals surface area contributed by atoms with Crippen molar-refractivity contribution in [2.75, 3.05) is 0 Å². The predicted octanol–water partition coefficient (Wildman–Crippen LogP) is 10.6. The van der Waals surface area contributed by atoms with Crippen molar-refractivity contribution in [2.45, 2.75) is 0 Å². The van der Waals surface area contributed by atoms with Gasteiger partial charge in [0.25, 0.3) is 0 Å². The first kappa shape index (κ1) is 25.1. The molecular weight excluding hydrogens is 560 g/mol. The minimum Gasteiger partial charge on any atom is -0.294 e. The molecule has 0 N–H and O–H groups in total. The molecule has 0 aliphatic carbocycles. The van der Waals surface area contributed by atoms with E-state index in [1.165, 1.54) is 21.5 Å². The maximum absolute atomic E-state index is 5.34. The van der Waals surface area contributed by atoms with Crippen molar-refractivity contribution < 1.29 is 0 Å². The van der Waals surface area contributed by atoms with E-state index in [2.05, 4.69) is 161 Å². The average molecular weight is 587 g/mol. The zero-order valence-corrected chi connectivity index (χ0v) is 24.8. The molecular formula is C42H26N4. The highest BCUT2D eigenvalue weighted by Gasteiger charge is 2.21. The van der Waals surface area contributed by atoms with E-state index >= 15 is 0 Å². The molecule has 0 aliphatic rings. The fourth-order valence-electron chi connectivity index (χ4n) is 7.29. The standard InChI is InChI=1S/C42H26N4/c1-3-13-27(14-4-1)29-25-34(28-15-5-2-6-16-28)43-39(26-29)45-35-20-10-8-18-31(35)41-38(45)24-23-32-40(41)30-17-7-11-21-36(30)46-37-22-12-9-19-33(37)44-42(32)46/h1-26H. The van der Waals surface area contributed by atoms with E-state index in [0.29, 0.717) is 0 Å². The van der Waals surface area contributed by atoms with Gasteiger partial charge in [-0.3, -0.25) is 8.97 Å². The van der Waals surface area contributed by atoms with Gasteiger partial charge in [-0.05, 0) is 59.7 Å². The second kappa shape index (κ2) is 9.62. The molecule has 0 saturated carbocycles. The zero-order valence-electron chi connectivity index (χ0n) is 24.8. The Morgan fingerprint density at radius 1 is 0.391 bits per heavy atom. The molecule has 4 aromatic heterocycles. The third kappa shape index (κ3) is 3.55. The van der Waals surface area contributed by atoms with Crippen LogP contribution in [-0.4, -0.2) is 18.9 Å². The minimum atomic E-state index is 0.891. The van der Waals surface area contributed by atoms with Crippen LogP contribution >= 0.6 is 0 Å². The molecule has 0 saturated heterocycles. The van der Waals surface area contributed by atoms with Crippen LogP contribution in [0.25, 0.3) is 88.4 Å². The van der Waals surface area contributed by atoms with Gasteiger partial charge in [0.2, 0.25) is 0 Å². The van der Waals surface area contributed by atoms with Crippen LogP contribution in [0.1, 0.15) is 0 Å². The van der Waals surface area contributed by atoms with E-state index in [1.807, 2.05) is 6.07 Å². The zero-order chi connectivity index (χ0) is 30.2. The summed E-state index contributed by atoms with van der Waals surface area (Å²) in [6.45, 7) is 0. The number of hydrogen-bond donors (Lipinski definition) is 0. The van der Waals surface area contributed by atoms with Gasteiger partial charge in [-0.2, -0.15) is 0 Å². The smallest absolute Gasteiger partial charge is 0.146 e. The van der Waals surface area contributed by atoms with Crippen LogP contribution in [0.3, 0.4) is 0 Å². The van der Waals surface area contributed by atoms with Crippen molar-refractivity contribution in [3.63, 3.8) is 0 Å². The third-order valence-electron chi connectivity index (χ3n) is 9.27. The Morgan fingerprint density at radius 3 is 1.80 bits per heavy atom. The van der Waals surface area contributed by atoms with Gasteiger partial charge in [0.1, 0.15) is 11.5 Å². The molecule has 0 atom stereocenters. The summed E-state index contributed by atoms with van der Waals surface area (Å²) in [5.41, 5.74) is 10.8. The van der Waals surface area contributed by atoms with E-state index < -0.39 is 0 Å². The van der Waals surface area contributed by atoms with Gasteiger partial charge in [0.05, 0.1) is 33.3 Å². The molecule has 0 aliphatic heterocycles. The van der Waals surface area contributed by atoms with Crippen molar-refractivity contribution in [2.24, 2.45) is 0 Å². The number of imidazole rings is 1. The molecule has 214 valence electrons. The van der Waals surface area contributed by atoms with Crippen LogP contribution in [0.5, 0.6) is 0 Å². The van der Waals surface area contributed by atoms with Crippen LogP contribution in [0.15, 0.2) is 158 Å². The fraction of sp³-hybridized carbons (Fsp3) is 0. The number of pyridine rings is 2. The van der Waals surface area contributed by atoms with E-state index in [4.69, 9.17) is 9.97 Å². The van der Waals surface area contributed by atoms with Crippen LogP contribution in [0.2, 0.25) is 0 Å². The largest absolute Gasteiger partial charge is 0.294 e. The Bertz CT molecular complexity index is 2730. The van der Waals surface area contributed by atoms with E-state index in [9.17, 15) is 0 Å². The molecule has 4 heterocycles. The Labute approximate surface area is 264 Å². The molecule has 0 spiro atoms. The lowest BCUT2D eigenvalue weighted by Gasteiger charge is -2.14. The number of fused-ring (bicyclic) bond motifs is 12. The number of para-hydroxylation sites is 4. The lowest BCUT2D eigenvalue weighted by molar-refractivity contribution is 1.08. The topological polar surface area (TPSA) is 35.1 Å². The van der Waals surface area contributed by atoms with Crippen LogP contribution in [0.4, 0.5) is 0 Å². The molecule has 0 unspecified atom stereocenters. The van der Waals surface area contributed by atoms with E-state index in [-0.39, 0.29) is 0 Å². The summed E-state index contributed by atoms with van der Waals surface area (Å²) in [5, 5.41) is 5.97. The summed E-state index contributed by atoms with van der Waals surface area (Å²) < 4.78 is 4.65. The van der Waals surface area contributed by atoms with Gasteiger partial charge in [0, 0.05) is 32.5 Å². The van der Waals surface area contributed by atoms with Gasteiger partial charge in [-0.1, -0.05) is 109 Å². The Hall–Kier alpha value is -6.26. The molecule has 0 amide bonds. The normalized spacial score (nSPS) is 11.9.